The fourth-order valence-corrected chi connectivity index (χ4v) is 5.01. The van der Waals surface area contributed by atoms with Crippen LogP contribution in [0.5, 0.6) is 0 Å². The number of hydrogen-bond donors (Lipinski definition) is 3. The highest BCUT2D eigenvalue weighted by Crippen LogP contribution is 2.32. The Balaban J connectivity index is 1.24. The maximum Gasteiger partial charge on any atom is 0.103 e. The van der Waals surface area contributed by atoms with Crippen molar-refractivity contribution >= 4 is 34.4 Å². The first-order valence-corrected chi connectivity index (χ1v) is 13.6. The maximum atomic E-state index is 9.83. The lowest BCUT2D eigenvalue weighted by molar-refractivity contribution is 0.0374. The number of aryl methyl sites for hydroxylation is 2. The van der Waals surface area contributed by atoms with Gasteiger partial charge in [-0.3, -0.25) is 9.88 Å². The molecule has 7 nitrogen and oxygen atoms in total. The second-order valence-corrected chi connectivity index (χ2v) is 10.0. The van der Waals surface area contributed by atoms with E-state index in [1.807, 2.05) is 19.2 Å². The van der Waals surface area contributed by atoms with Crippen LogP contribution in [0.2, 0.25) is 0 Å². The van der Waals surface area contributed by atoms with Gasteiger partial charge in [-0.15, -0.1) is 0 Å². The molecule has 39 heavy (non-hydrogen) atoms. The summed E-state index contributed by atoms with van der Waals surface area (Å²) in [5.74, 6) is 0. The average Bonchev–Trinajstić information content (AvgIpc) is 3.45. The van der Waals surface area contributed by atoms with Gasteiger partial charge in [0.05, 0.1) is 24.5 Å². The van der Waals surface area contributed by atoms with E-state index >= 15 is 0 Å². The summed E-state index contributed by atoms with van der Waals surface area (Å²) in [6.45, 7) is 10.9. The number of aromatic nitrogens is 2. The molecular formula is C32H36N6O. The van der Waals surface area contributed by atoms with Crippen molar-refractivity contribution in [3.8, 4) is 6.07 Å². The summed E-state index contributed by atoms with van der Waals surface area (Å²) in [7, 11) is 0. The highest BCUT2D eigenvalue weighted by molar-refractivity contribution is 5.90. The third-order valence-electron chi connectivity index (χ3n) is 7.38. The molecule has 2 aromatic heterocycles. The van der Waals surface area contributed by atoms with Crippen LogP contribution in [0.15, 0.2) is 54.9 Å². The zero-order chi connectivity index (χ0) is 27.0. The van der Waals surface area contributed by atoms with Gasteiger partial charge in [-0.1, -0.05) is 36.4 Å². The zero-order valence-corrected chi connectivity index (χ0v) is 22.8. The van der Waals surface area contributed by atoms with E-state index in [4.69, 9.17) is 4.74 Å². The first-order valence-electron chi connectivity index (χ1n) is 13.6. The number of nitrogens with one attached hydrogen (secondary N) is 3. The molecule has 2 aromatic carbocycles. The lowest BCUT2D eigenvalue weighted by Crippen LogP contribution is -2.37. The molecule has 0 spiro atoms. The number of morpholine rings is 1. The first-order chi connectivity index (χ1) is 19.1. The van der Waals surface area contributed by atoms with Crippen molar-refractivity contribution in [2.24, 2.45) is 0 Å². The Morgan fingerprint density at radius 2 is 1.90 bits per heavy atom. The monoisotopic (exact) mass is 520 g/mol. The summed E-state index contributed by atoms with van der Waals surface area (Å²) >= 11 is 0. The van der Waals surface area contributed by atoms with Crippen LogP contribution in [0.25, 0.3) is 23.1 Å². The average molecular weight is 521 g/mol. The molecule has 7 heteroatoms. The quantitative estimate of drug-likeness (QED) is 0.230. The highest BCUT2D eigenvalue weighted by Gasteiger charge is 2.14. The standard InChI is InChI=1S/C32H36N6O/c1-23-28-12-14-35-31(28)11-10-30(23)37-32-27(20-33)22-36-24(2)29(32)9-8-25-4-6-26(7-5-25)21-34-13-3-15-38-16-18-39-19-17-38/h4-12,14,22,34-35H,3,13,15-19,21H2,1-2H3,(H,36,37)/b9-8+. The van der Waals surface area contributed by atoms with Gasteiger partial charge < -0.3 is 20.4 Å². The second kappa shape index (κ2) is 12.7. The molecule has 0 radical (unpaired) electrons. The number of benzene rings is 2. The Hall–Kier alpha value is -3.96. The van der Waals surface area contributed by atoms with Gasteiger partial charge in [-0.05, 0) is 68.2 Å². The number of hydrogen-bond acceptors (Lipinski definition) is 6. The topological polar surface area (TPSA) is 89.0 Å². The van der Waals surface area contributed by atoms with Crippen LogP contribution in [-0.2, 0) is 11.3 Å². The smallest absolute Gasteiger partial charge is 0.103 e. The number of rotatable bonds is 10. The van der Waals surface area contributed by atoms with Crippen molar-refractivity contribution in [3.63, 3.8) is 0 Å². The van der Waals surface area contributed by atoms with Crippen molar-refractivity contribution in [1.29, 1.82) is 5.26 Å². The van der Waals surface area contributed by atoms with Gasteiger partial charge in [0.1, 0.15) is 6.07 Å². The Morgan fingerprint density at radius 3 is 2.69 bits per heavy atom. The van der Waals surface area contributed by atoms with Crippen LogP contribution < -0.4 is 10.6 Å². The predicted octanol–water partition coefficient (Wildman–Crippen LogP) is 5.78. The van der Waals surface area contributed by atoms with Crippen LogP contribution in [0.4, 0.5) is 11.4 Å². The fourth-order valence-electron chi connectivity index (χ4n) is 5.01. The van der Waals surface area contributed by atoms with Gasteiger partial charge in [-0.2, -0.15) is 5.26 Å². The molecule has 1 aliphatic heterocycles. The number of H-pyrrole nitrogens is 1. The largest absolute Gasteiger partial charge is 0.379 e. The Bertz CT molecular complexity index is 1480. The fraction of sp³-hybridized carbons (Fsp3) is 0.312. The summed E-state index contributed by atoms with van der Waals surface area (Å²) in [6.07, 6.45) is 8.86. The number of nitrogens with zero attached hydrogens (tertiary/aromatic N) is 3. The van der Waals surface area contributed by atoms with Crippen LogP contribution in [0, 0.1) is 25.2 Å². The normalized spacial score (nSPS) is 14.2. The van der Waals surface area contributed by atoms with E-state index in [1.54, 1.807) is 6.20 Å². The molecule has 1 aliphatic rings. The number of ether oxygens (including phenoxy) is 1. The minimum atomic E-state index is 0.517. The SMILES string of the molecule is Cc1ncc(C#N)c(Nc2ccc3[nH]ccc3c2C)c1/C=C/c1ccc(CNCCCN2CCOCC2)cc1. The van der Waals surface area contributed by atoms with Gasteiger partial charge in [0.2, 0.25) is 0 Å². The van der Waals surface area contributed by atoms with Crippen LogP contribution in [0.3, 0.4) is 0 Å². The van der Waals surface area contributed by atoms with E-state index in [0.29, 0.717) is 5.56 Å². The molecule has 0 atom stereocenters. The van der Waals surface area contributed by atoms with Crippen LogP contribution in [0.1, 0.15) is 39.9 Å². The highest BCUT2D eigenvalue weighted by atomic mass is 16.5. The molecule has 0 amide bonds. The number of nitriles is 1. The van der Waals surface area contributed by atoms with Crippen molar-refractivity contribution in [1.82, 2.24) is 20.2 Å². The minimum absolute atomic E-state index is 0.517. The van der Waals surface area contributed by atoms with Gasteiger partial charge >= 0.3 is 0 Å². The van der Waals surface area contributed by atoms with Gasteiger partial charge in [0.15, 0.2) is 0 Å². The van der Waals surface area contributed by atoms with E-state index in [1.165, 1.54) is 5.56 Å². The minimum Gasteiger partial charge on any atom is -0.379 e. The van der Waals surface area contributed by atoms with E-state index in [0.717, 1.165) is 97.0 Å². The molecule has 5 rings (SSSR count). The molecule has 0 saturated carbocycles. The number of fused-ring (bicyclic) bond motifs is 1. The zero-order valence-electron chi connectivity index (χ0n) is 22.8. The Labute approximate surface area is 230 Å². The summed E-state index contributed by atoms with van der Waals surface area (Å²) in [5, 5.41) is 18.1. The van der Waals surface area contributed by atoms with Crippen molar-refractivity contribution in [2.75, 3.05) is 44.7 Å². The third-order valence-corrected chi connectivity index (χ3v) is 7.38. The molecule has 200 valence electrons. The van der Waals surface area contributed by atoms with E-state index in [-0.39, 0.29) is 0 Å². The number of pyridine rings is 1. The summed E-state index contributed by atoms with van der Waals surface area (Å²) in [5.41, 5.74) is 8.63. The van der Waals surface area contributed by atoms with Crippen molar-refractivity contribution in [2.45, 2.75) is 26.8 Å². The molecule has 1 saturated heterocycles. The lowest BCUT2D eigenvalue weighted by Gasteiger charge is -2.26. The molecule has 4 aromatic rings. The molecule has 0 unspecified atom stereocenters. The summed E-state index contributed by atoms with van der Waals surface area (Å²) in [6, 6.07) is 17.1. The molecule has 3 N–H and O–H groups in total. The summed E-state index contributed by atoms with van der Waals surface area (Å²) < 4.78 is 5.42. The van der Waals surface area contributed by atoms with Crippen molar-refractivity contribution in [3.05, 3.63) is 88.4 Å². The third kappa shape index (κ3) is 6.55. The molecule has 3 heterocycles. The Kier molecular flexibility index (Phi) is 8.69. The van der Waals surface area contributed by atoms with E-state index in [2.05, 4.69) is 87.0 Å². The number of anilines is 2. The second-order valence-electron chi connectivity index (χ2n) is 10.0. The van der Waals surface area contributed by atoms with Gasteiger partial charge in [0, 0.05) is 59.9 Å². The molecule has 0 bridgehead atoms. The van der Waals surface area contributed by atoms with E-state index in [9.17, 15) is 5.26 Å². The Morgan fingerprint density at radius 1 is 1.08 bits per heavy atom. The molecule has 1 fully saturated rings. The van der Waals surface area contributed by atoms with Crippen LogP contribution >= 0.6 is 0 Å². The van der Waals surface area contributed by atoms with E-state index < -0.39 is 0 Å². The first kappa shape index (κ1) is 26.6. The lowest BCUT2D eigenvalue weighted by atomic mass is 10.0. The predicted molar refractivity (Wildman–Crippen MR) is 159 cm³/mol. The summed E-state index contributed by atoms with van der Waals surface area (Å²) in [4.78, 5) is 10.2. The van der Waals surface area contributed by atoms with Crippen molar-refractivity contribution < 1.29 is 4.74 Å². The number of aromatic amines is 1. The van der Waals surface area contributed by atoms with Gasteiger partial charge in [-0.25, -0.2) is 0 Å². The molecular weight excluding hydrogens is 484 g/mol. The molecule has 0 aliphatic carbocycles. The van der Waals surface area contributed by atoms with Crippen LogP contribution in [-0.4, -0.2) is 54.3 Å². The van der Waals surface area contributed by atoms with Gasteiger partial charge in [0.25, 0.3) is 0 Å². The maximum absolute atomic E-state index is 9.83.